The number of carboxylic acids is 4. The second-order valence-corrected chi connectivity index (χ2v) is 29.5. The molecule has 8 amide bonds. The maximum atomic E-state index is 13.0. The summed E-state index contributed by atoms with van der Waals surface area (Å²) in [6, 6.07) is 0. The minimum Gasteiger partial charge on any atom is -0.481 e. The van der Waals surface area contributed by atoms with Crippen molar-refractivity contribution in [2.75, 3.05) is 264 Å². The highest BCUT2D eigenvalue weighted by Crippen LogP contribution is 2.22. The van der Waals surface area contributed by atoms with Crippen LogP contribution in [0.2, 0.25) is 0 Å². The molecule has 40 nitrogen and oxygen atoms in total. The SMILES string of the molecule is O=C(O)CCCCCCCNC(=O)CCOCCOCCOCCNC(=O)CCOCC(COCCC(=O)NCCOCCOCCOCCC(=O)NCCCCCCCC(=O)O)(COCCC(=O)NCCOCCOCCOCCC(=O)NCCCCCCCC(=O)O)COCCC(=O)NCCOCCOCCOCCC(=O)NCCCCCCCC(=O)O. The average molecular weight is 1800 g/mol. The van der Waals surface area contributed by atoms with E-state index in [1.165, 1.54) is 0 Å². The fourth-order valence-electron chi connectivity index (χ4n) is 11.3. The maximum Gasteiger partial charge on any atom is 0.303 e. The molecule has 12 N–H and O–H groups in total. The predicted molar refractivity (Wildman–Crippen MR) is 458 cm³/mol. The van der Waals surface area contributed by atoms with Gasteiger partial charge in [-0.2, -0.15) is 0 Å². The van der Waals surface area contributed by atoms with Gasteiger partial charge in [0.25, 0.3) is 0 Å². The van der Waals surface area contributed by atoms with Crippen LogP contribution in [0.5, 0.6) is 0 Å². The van der Waals surface area contributed by atoms with Crippen LogP contribution in [-0.2, 0) is 133 Å². The zero-order valence-electron chi connectivity index (χ0n) is 74.6. The smallest absolute Gasteiger partial charge is 0.303 e. The molecule has 0 aromatic rings. The molecule has 0 aromatic heterocycles. The molecule has 125 heavy (non-hydrogen) atoms. The lowest BCUT2D eigenvalue weighted by molar-refractivity contribution is -0.138. The van der Waals surface area contributed by atoms with E-state index >= 15 is 0 Å². The van der Waals surface area contributed by atoms with E-state index in [1.54, 1.807) is 0 Å². The van der Waals surface area contributed by atoms with Gasteiger partial charge >= 0.3 is 23.9 Å². The van der Waals surface area contributed by atoms with Crippen LogP contribution in [0.1, 0.15) is 205 Å². The van der Waals surface area contributed by atoms with Gasteiger partial charge in [0, 0.05) is 129 Å². The first kappa shape index (κ1) is 118. The third-order valence-corrected chi connectivity index (χ3v) is 18.2. The van der Waals surface area contributed by atoms with Gasteiger partial charge < -0.3 is 139 Å². The van der Waals surface area contributed by atoms with Crippen LogP contribution in [0.15, 0.2) is 0 Å². The van der Waals surface area contributed by atoms with Gasteiger partial charge in [0.05, 0.1) is 217 Å². The van der Waals surface area contributed by atoms with E-state index in [4.69, 9.17) is 96.2 Å². The molecule has 40 heteroatoms. The quantitative estimate of drug-likeness (QED) is 0.0383. The number of nitrogens with one attached hydrogen (secondary N) is 8. The number of aliphatic carboxylic acids is 4. The van der Waals surface area contributed by atoms with E-state index in [0.717, 1.165) is 103 Å². The summed E-state index contributed by atoms with van der Waals surface area (Å²) >= 11 is 0. The number of hydrogen-bond donors (Lipinski definition) is 12. The van der Waals surface area contributed by atoms with Crippen molar-refractivity contribution >= 4 is 71.1 Å². The van der Waals surface area contributed by atoms with Crippen molar-refractivity contribution in [3.63, 3.8) is 0 Å². The van der Waals surface area contributed by atoms with Crippen LogP contribution >= 0.6 is 0 Å². The lowest BCUT2D eigenvalue weighted by Gasteiger charge is -2.33. The van der Waals surface area contributed by atoms with E-state index < -0.39 is 29.3 Å². The Hall–Kier alpha value is -7.00. The Morgan fingerprint density at radius 1 is 0.152 bits per heavy atom. The average Bonchev–Trinajstić information content (AvgIpc) is 0.865. The van der Waals surface area contributed by atoms with Crippen molar-refractivity contribution in [1.82, 2.24) is 42.5 Å². The first-order valence-electron chi connectivity index (χ1n) is 45.1. The van der Waals surface area contributed by atoms with Gasteiger partial charge in [-0.3, -0.25) is 57.5 Å². The van der Waals surface area contributed by atoms with Crippen molar-refractivity contribution in [2.24, 2.45) is 5.41 Å². The number of carbonyl (C=O) groups excluding carboxylic acids is 8. The molecular weight excluding hydrogens is 1640 g/mol. The van der Waals surface area contributed by atoms with Gasteiger partial charge in [0.2, 0.25) is 47.3 Å². The van der Waals surface area contributed by atoms with Crippen molar-refractivity contribution < 1.29 is 154 Å². The molecule has 0 aromatic carbocycles. The standard InChI is InChI=1S/C85H156N8O32/c94-73(86-33-17-9-1-5-13-21-81(102)103)25-41-110-53-61-118-65-57-114-49-37-90-77(98)29-45-122-69-85(70-123-46-30-78(99)91-38-50-115-58-66-119-62-54-111-42-26-74(95)87-34-18-10-2-6-14-22-82(104)105,71-124-47-31-79(100)92-39-51-116-59-67-120-63-55-112-43-27-75(96)88-35-19-11-3-7-15-23-83(106)107)72-125-48-32-80(101)93-40-52-117-60-68-121-64-56-113-44-28-76(97)89-36-20-12-4-8-16-24-84(108)109/h1-72H2,(H,86,94)(H,87,95)(H,88,96)(H,89,97)(H,90,98)(H,91,99)(H,92,100)(H,93,101)(H,102,103)(H,104,105)(H,106,107)(H,108,109). The molecule has 0 unspecified atom stereocenters. The largest absolute Gasteiger partial charge is 0.481 e. The number of unbranched alkanes of at least 4 members (excludes halogenated alkanes) is 16. The van der Waals surface area contributed by atoms with E-state index in [9.17, 15) is 57.5 Å². The van der Waals surface area contributed by atoms with E-state index in [2.05, 4.69) is 42.5 Å². The van der Waals surface area contributed by atoms with Crippen LogP contribution in [0, 0.1) is 5.41 Å². The van der Waals surface area contributed by atoms with Crippen molar-refractivity contribution in [1.29, 1.82) is 0 Å². The third-order valence-electron chi connectivity index (χ3n) is 18.2. The van der Waals surface area contributed by atoms with Crippen LogP contribution in [-0.4, -0.2) is 355 Å². The van der Waals surface area contributed by atoms with E-state index in [1.807, 2.05) is 0 Å². The molecule has 0 saturated heterocycles. The lowest BCUT2D eigenvalue weighted by atomic mass is 9.92. The molecule has 728 valence electrons. The minimum absolute atomic E-state index is 0.0305. The number of carboxylic acid groups (broad SMARTS) is 4. The highest BCUT2D eigenvalue weighted by atomic mass is 16.6. The second kappa shape index (κ2) is 91.7. The van der Waals surface area contributed by atoms with Gasteiger partial charge in [-0.1, -0.05) is 77.0 Å². The second-order valence-electron chi connectivity index (χ2n) is 29.5. The molecule has 0 heterocycles. The number of amides is 8. The highest BCUT2D eigenvalue weighted by Gasteiger charge is 2.33. The zero-order chi connectivity index (χ0) is 91.3. The Kier molecular flexibility index (Phi) is 86.6. The highest BCUT2D eigenvalue weighted by molar-refractivity contribution is 5.78. The monoisotopic (exact) mass is 1800 g/mol. The van der Waals surface area contributed by atoms with Gasteiger partial charge in [-0.15, -0.1) is 0 Å². The summed E-state index contributed by atoms with van der Waals surface area (Å²) in [4.78, 5) is 143. The molecule has 0 bridgehead atoms. The molecule has 0 aliphatic rings. The first-order chi connectivity index (χ1) is 60.8. The van der Waals surface area contributed by atoms with Crippen molar-refractivity contribution in [2.45, 2.75) is 205 Å². The predicted octanol–water partition coefficient (Wildman–Crippen LogP) is 3.99. The molecule has 0 aliphatic carbocycles. The van der Waals surface area contributed by atoms with Crippen LogP contribution < -0.4 is 42.5 Å². The fourth-order valence-corrected chi connectivity index (χ4v) is 11.3. The molecule has 0 fully saturated rings. The Labute approximate surface area is 739 Å². The minimum atomic E-state index is -1.10. The van der Waals surface area contributed by atoms with Crippen LogP contribution in [0.3, 0.4) is 0 Å². The summed E-state index contributed by atoms with van der Waals surface area (Å²) in [6.07, 6.45) is 18.1. The summed E-state index contributed by atoms with van der Waals surface area (Å²) < 4.78 is 91.4. The first-order valence-corrected chi connectivity index (χ1v) is 45.1. The van der Waals surface area contributed by atoms with Gasteiger partial charge in [-0.25, -0.2) is 0 Å². The number of hydrogen-bond acceptors (Lipinski definition) is 28. The molecule has 0 spiro atoms. The number of rotatable bonds is 100. The van der Waals surface area contributed by atoms with Gasteiger partial charge in [-0.05, 0) is 51.4 Å². The van der Waals surface area contributed by atoms with Crippen molar-refractivity contribution in [3.05, 3.63) is 0 Å². The third kappa shape index (κ3) is 93.0. The van der Waals surface area contributed by atoms with Crippen LogP contribution in [0.4, 0.5) is 0 Å². The van der Waals surface area contributed by atoms with Gasteiger partial charge in [0.1, 0.15) is 0 Å². The topological polar surface area (TPSA) is 530 Å². The zero-order valence-corrected chi connectivity index (χ0v) is 74.6. The Morgan fingerprint density at radius 3 is 0.464 bits per heavy atom. The molecule has 0 atom stereocenters. The summed E-state index contributed by atoms with van der Waals surface area (Å²) in [6.45, 7) is 9.05. The molecular formula is C85H156N8O32. The summed E-state index contributed by atoms with van der Waals surface area (Å²) in [5.74, 6) is -4.83. The number of carbonyl (C=O) groups is 12. The number of ether oxygens (including phenoxy) is 16. The summed E-state index contributed by atoms with van der Waals surface area (Å²) in [7, 11) is 0. The Bertz CT molecular complexity index is 2330. The lowest BCUT2D eigenvalue weighted by Crippen LogP contribution is -2.43. The van der Waals surface area contributed by atoms with Gasteiger partial charge in [0.15, 0.2) is 0 Å². The molecule has 0 radical (unpaired) electrons. The van der Waals surface area contributed by atoms with Crippen LogP contribution in [0.25, 0.3) is 0 Å². The van der Waals surface area contributed by atoms with E-state index in [0.29, 0.717) is 105 Å². The summed E-state index contributed by atoms with van der Waals surface area (Å²) in [5, 5.41) is 57.6. The van der Waals surface area contributed by atoms with Crippen molar-refractivity contribution in [3.8, 4) is 0 Å². The fraction of sp³-hybridized carbons (Fsp3) is 0.859. The molecule has 0 aliphatic heterocycles. The van der Waals surface area contributed by atoms with E-state index in [-0.39, 0.29) is 309 Å². The normalized spacial score (nSPS) is 11.3. The Balaban J connectivity index is 5.46. The maximum absolute atomic E-state index is 13.0. The Morgan fingerprint density at radius 2 is 0.288 bits per heavy atom. The summed E-state index contributed by atoms with van der Waals surface area (Å²) in [5.41, 5.74) is -1.10. The molecule has 0 saturated carbocycles. The molecule has 0 rings (SSSR count).